The van der Waals surface area contributed by atoms with Gasteiger partial charge in [-0.3, -0.25) is 0 Å². The summed E-state index contributed by atoms with van der Waals surface area (Å²) in [6.45, 7) is 0. The van der Waals surface area contributed by atoms with Crippen LogP contribution >= 0.6 is 27.5 Å². The van der Waals surface area contributed by atoms with Gasteiger partial charge in [-0.2, -0.15) is 0 Å². The van der Waals surface area contributed by atoms with Crippen molar-refractivity contribution >= 4 is 32.7 Å². The van der Waals surface area contributed by atoms with Gasteiger partial charge < -0.3 is 5.21 Å². The third-order valence-electron chi connectivity index (χ3n) is 1.26. The molecule has 5 heteroatoms. The lowest BCUT2D eigenvalue weighted by Gasteiger charge is -2.00. The smallest absolute Gasteiger partial charge is 0.179 e. The fourth-order valence-corrected chi connectivity index (χ4v) is 1.58. The quantitative estimate of drug-likeness (QED) is 0.465. The van der Waals surface area contributed by atoms with Crippen LogP contribution in [0.25, 0.3) is 0 Å². The van der Waals surface area contributed by atoms with Crippen molar-refractivity contribution < 1.29 is 9.60 Å². The Balaban J connectivity index is 3.31. The van der Waals surface area contributed by atoms with Gasteiger partial charge in [0.1, 0.15) is 5.82 Å². The molecule has 0 aliphatic rings. The molecule has 0 aliphatic carbocycles. The van der Waals surface area contributed by atoms with E-state index >= 15 is 0 Å². The zero-order valence-electron chi connectivity index (χ0n) is 5.76. The second-order valence-corrected chi connectivity index (χ2v) is 3.20. The van der Waals surface area contributed by atoms with Crippen LogP contribution in [0.15, 0.2) is 27.8 Å². The SMILES string of the molecule is O/N=C(\Cl)c1c(F)cccc1Br. The average Bonchev–Trinajstić information content (AvgIpc) is 2.03. The van der Waals surface area contributed by atoms with Crippen LogP contribution in [0.2, 0.25) is 0 Å². The molecule has 1 rings (SSSR count). The summed E-state index contributed by atoms with van der Waals surface area (Å²) in [4.78, 5) is 0. The lowest BCUT2D eigenvalue weighted by atomic mass is 10.2. The second-order valence-electron chi connectivity index (χ2n) is 1.99. The van der Waals surface area contributed by atoms with Gasteiger partial charge in [0.25, 0.3) is 0 Å². The molecule has 0 atom stereocenters. The highest BCUT2D eigenvalue weighted by Crippen LogP contribution is 2.21. The van der Waals surface area contributed by atoms with Gasteiger partial charge in [-0.15, -0.1) is 0 Å². The van der Waals surface area contributed by atoms with Crippen LogP contribution in [-0.4, -0.2) is 10.4 Å². The van der Waals surface area contributed by atoms with Gasteiger partial charge in [0.05, 0.1) is 5.56 Å². The summed E-state index contributed by atoms with van der Waals surface area (Å²) in [5.41, 5.74) is 0.0571. The molecule has 0 radical (unpaired) electrons. The van der Waals surface area contributed by atoms with Crippen molar-refractivity contribution in [3.63, 3.8) is 0 Å². The predicted octanol–water partition coefficient (Wildman–Crippen LogP) is 2.96. The van der Waals surface area contributed by atoms with E-state index in [0.29, 0.717) is 4.47 Å². The first-order chi connectivity index (χ1) is 5.66. The van der Waals surface area contributed by atoms with Crippen LogP contribution in [0.4, 0.5) is 4.39 Å². The highest BCUT2D eigenvalue weighted by Gasteiger charge is 2.11. The molecule has 0 aliphatic heterocycles. The molecule has 64 valence electrons. The predicted molar refractivity (Wildman–Crippen MR) is 48.3 cm³/mol. The Morgan fingerprint density at radius 1 is 1.58 bits per heavy atom. The fraction of sp³-hybridized carbons (Fsp3) is 0. The molecule has 12 heavy (non-hydrogen) atoms. The van der Waals surface area contributed by atoms with Gasteiger partial charge in [-0.25, -0.2) is 4.39 Å². The molecule has 0 saturated heterocycles. The number of oxime groups is 1. The summed E-state index contributed by atoms with van der Waals surface area (Å²) in [7, 11) is 0. The second kappa shape index (κ2) is 3.87. The third kappa shape index (κ3) is 1.76. The minimum atomic E-state index is -0.535. The standard InChI is InChI=1S/C7H4BrClFNO/c8-4-2-1-3-5(10)6(4)7(9)11-12/h1-3,12H/b11-7-. The lowest BCUT2D eigenvalue weighted by molar-refractivity contribution is 0.320. The normalized spacial score (nSPS) is 11.8. The minimum Gasteiger partial charge on any atom is -0.410 e. The molecule has 1 aromatic carbocycles. The van der Waals surface area contributed by atoms with E-state index in [2.05, 4.69) is 21.1 Å². The van der Waals surface area contributed by atoms with Gasteiger partial charge in [0.2, 0.25) is 0 Å². The Kier molecular flexibility index (Phi) is 3.05. The first-order valence-electron chi connectivity index (χ1n) is 2.98. The highest BCUT2D eigenvalue weighted by atomic mass is 79.9. The van der Waals surface area contributed by atoms with Crippen LogP contribution in [0, 0.1) is 5.82 Å². The Labute approximate surface area is 81.8 Å². The van der Waals surface area contributed by atoms with Gasteiger partial charge in [-0.05, 0) is 28.1 Å². The number of rotatable bonds is 1. The van der Waals surface area contributed by atoms with Crippen LogP contribution in [0.1, 0.15) is 5.56 Å². The van der Waals surface area contributed by atoms with E-state index in [4.69, 9.17) is 16.8 Å². The molecule has 2 nitrogen and oxygen atoms in total. The number of hydrogen-bond acceptors (Lipinski definition) is 2. The fourth-order valence-electron chi connectivity index (χ4n) is 0.745. The first-order valence-corrected chi connectivity index (χ1v) is 4.16. The molecule has 0 fully saturated rings. The minimum absolute atomic E-state index is 0.0571. The number of halogens is 3. The third-order valence-corrected chi connectivity index (χ3v) is 2.18. The summed E-state index contributed by atoms with van der Waals surface area (Å²) in [5.74, 6) is -0.535. The summed E-state index contributed by atoms with van der Waals surface area (Å²) >= 11 is 8.50. The van der Waals surface area contributed by atoms with Crippen molar-refractivity contribution in [2.45, 2.75) is 0 Å². The van der Waals surface area contributed by atoms with Gasteiger partial charge in [-0.1, -0.05) is 22.8 Å². The zero-order valence-corrected chi connectivity index (χ0v) is 8.10. The van der Waals surface area contributed by atoms with E-state index in [9.17, 15) is 4.39 Å². The molecule has 0 amide bonds. The van der Waals surface area contributed by atoms with Crippen molar-refractivity contribution in [3.05, 3.63) is 34.1 Å². The first kappa shape index (κ1) is 9.48. The van der Waals surface area contributed by atoms with E-state index < -0.39 is 5.82 Å². The van der Waals surface area contributed by atoms with Crippen molar-refractivity contribution in [1.82, 2.24) is 0 Å². The molecule has 0 heterocycles. The largest absolute Gasteiger partial charge is 0.410 e. The maximum absolute atomic E-state index is 13.0. The Morgan fingerprint density at radius 3 is 2.75 bits per heavy atom. The van der Waals surface area contributed by atoms with Gasteiger partial charge in [0.15, 0.2) is 5.17 Å². The molecule has 0 unspecified atom stereocenters. The number of hydrogen-bond donors (Lipinski definition) is 1. The van der Waals surface area contributed by atoms with Gasteiger partial charge >= 0.3 is 0 Å². The van der Waals surface area contributed by atoms with Crippen molar-refractivity contribution in [2.75, 3.05) is 0 Å². The summed E-state index contributed by atoms with van der Waals surface area (Å²) < 4.78 is 13.4. The van der Waals surface area contributed by atoms with Crippen molar-refractivity contribution in [2.24, 2.45) is 5.16 Å². The molecule has 0 saturated carbocycles. The highest BCUT2D eigenvalue weighted by molar-refractivity contribution is 9.10. The van der Waals surface area contributed by atoms with E-state index in [1.165, 1.54) is 12.1 Å². The van der Waals surface area contributed by atoms with Crippen LogP contribution in [0.3, 0.4) is 0 Å². The van der Waals surface area contributed by atoms with Gasteiger partial charge in [0, 0.05) is 4.47 Å². The average molecular weight is 252 g/mol. The van der Waals surface area contributed by atoms with E-state index in [1.54, 1.807) is 6.07 Å². The number of nitrogens with zero attached hydrogens (tertiary/aromatic N) is 1. The Hall–Kier alpha value is -0.610. The Bertz CT molecular complexity index is 309. The van der Waals surface area contributed by atoms with E-state index in [1.807, 2.05) is 0 Å². The van der Waals surface area contributed by atoms with Crippen LogP contribution in [0.5, 0.6) is 0 Å². The molecule has 0 spiro atoms. The molecule has 0 bridgehead atoms. The van der Waals surface area contributed by atoms with E-state index in [0.717, 1.165) is 0 Å². The summed E-state index contributed by atoms with van der Waals surface area (Å²) in [5, 5.41) is 10.7. The topological polar surface area (TPSA) is 32.6 Å². The molecular formula is C7H4BrClFNO. The maximum atomic E-state index is 13.0. The molecule has 1 aromatic rings. The monoisotopic (exact) mass is 251 g/mol. The van der Waals surface area contributed by atoms with E-state index in [-0.39, 0.29) is 10.7 Å². The summed E-state index contributed by atoms with van der Waals surface area (Å²) in [6.07, 6.45) is 0. The van der Waals surface area contributed by atoms with Crippen molar-refractivity contribution in [1.29, 1.82) is 0 Å². The lowest BCUT2D eigenvalue weighted by Crippen LogP contribution is -1.97. The van der Waals surface area contributed by atoms with Crippen LogP contribution < -0.4 is 0 Å². The summed E-state index contributed by atoms with van der Waals surface area (Å²) in [6, 6.07) is 4.35. The van der Waals surface area contributed by atoms with Crippen molar-refractivity contribution in [3.8, 4) is 0 Å². The maximum Gasteiger partial charge on any atom is 0.179 e. The van der Waals surface area contributed by atoms with Crippen LogP contribution in [-0.2, 0) is 0 Å². The number of benzene rings is 1. The Morgan fingerprint density at radius 2 is 2.25 bits per heavy atom. The molecular weight excluding hydrogens is 248 g/mol. The zero-order chi connectivity index (χ0) is 9.14. The molecule has 1 N–H and O–H groups in total. The molecule has 0 aromatic heterocycles.